The largest absolute Gasteiger partial charge is 0.480 e. The smallest absolute Gasteiger partial charge is 0.317 e. The number of hydrogen-bond donors (Lipinski definition) is 1. The molecule has 0 atom stereocenters. The van der Waals surface area contributed by atoms with Gasteiger partial charge in [0.05, 0.1) is 6.54 Å². The van der Waals surface area contributed by atoms with Gasteiger partial charge in [0, 0.05) is 12.1 Å². The van der Waals surface area contributed by atoms with E-state index in [1.807, 2.05) is 0 Å². The van der Waals surface area contributed by atoms with Crippen molar-refractivity contribution in [1.29, 1.82) is 0 Å². The van der Waals surface area contributed by atoms with Crippen molar-refractivity contribution < 1.29 is 9.90 Å². The van der Waals surface area contributed by atoms with E-state index in [0.717, 1.165) is 0 Å². The maximum atomic E-state index is 10.7. The molecule has 3 heteroatoms. The zero-order chi connectivity index (χ0) is 9.26. The fourth-order valence-electron chi connectivity index (χ4n) is 2.35. The average Bonchev–Trinajstić information content (AvgIpc) is 2.77. The predicted octanol–water partition coefficient (Wildman–Crippen LogP) is 1.48. The van der Waals surface area contributed by atoms with Gasteiger partial charge in [-0.15, -0.1) is 0 Å². The molecule has 0 saturated heterocycles. The van der Waals surface area contributed by atoms with E-state index in [9.17, 15) is 4.79 Å². The van der Waals surface area contributed by atoms with Crippen LogP contribution in [0.3, 0.4) is 0 Å². The highest BCUT2D eigenvalue weighted by molar-refractivity contribution is 5.69. The maximum absolute atomic E-state index is 10.7. The van der Waals surface area contributed by atoms with E-state index in [-0.39, 0.29) is 6.54 Å². The highest BCUT2D eigenvalue weighted by atomic mass is 16.4. The molecule has 2 aliphatic rings. The summed E-state index contributed by atoms with van der Waals surface area (Å²) >= 11 is 0. The highest BCUT2D eigenvalue weighted by Gasteiger charge is 2.35. The Hall–Kier alpha value is -0.570. The molecule has 0 spiro atoms. The fourth-order valence-corrected chi connectivity index (χ4v) is 2.35. The van der Waals surface area contributed by atoms with Gasteiger partial charge in [-0.3, -0.25) is 9.69 Å². The summed E-state index contributed by atoms with van der Waals surface area (Å²) in [4.78, 5) is 12.9. The van der Waals surface area contributed by atoms with Gasteiger partial charge < -0.3 is 5.11 Å². The first-order valence-electron chi connectivity index (χ1n) is 5.25. The summed E-state index contributed by atoms with van der Waals surface area (Å²) < 4.78 is 0. The summed E-state index contributed by atoms with van der Waals surface area (Å²) in [5, 5.41) is 8.78. The van der Waals surface area contributed by atoms with Crippen molar-refractivity contribution in [2.24, 2.45) is 0 Å². The van der Waals surface area contributed by atoms with Gasteiger partial charge in [-0.2, -0.15) is 0 Å². The van der Waals surface area contributed by atoms with Crippen LogP contribution < -0.4 is 0 Å². The van der Waals surface area contributed by atoms with Crippen molar-refractivity contribution in [3.63, 3.8) is 0 Å². The van der Waals surface area contributed by atoms with E-state index in [1.165, 1.54) is 38.5 Å². The Bertz CT molecular complexity index is 195. The quantitative estimate of drug-likeness (QED) is 0.717. The molecule has 0 aromatic heterocycles. The molecule has 0 aromatic rings. The molecule has 2 rings (SSSR count). The SMILES string of the molecule is O=C(O)CN(C1CCCC1)C1CC1. The molecule has 0 aromatic carbocycles. The molecule has 2 aliphatic carbocycles. The van der Waals surface area contributed by atoms with E-state index in [2.05, 4.69) is 4.90 Å². The molecular weight excluding hydrogens is 166 g/mol. The average molecular weight is 183 g/mol. The van der Waals surface area contributed by atoms with Gasteiger partial charge in [-0.25, -0.2) is 0 Å². The molecule has 2 fully saturated rings. The van der Waals surface area contributed by atoms with Crippen LogP contribution in [0.4, 0.5) is 0 Å². The van der Waals surface area contributed by atoms with Gasteiger partial charge >= 0.3 is 5.97 Å². The van der Waals surface area contributed by atoms with Crippen LogP contribution in [0.15, 0.2) is 0 Å². The Morgan fingerprint density at radius 1 is 1.15 bits per heavy atom. The van der Waals surface area contributed by atoms with Crippen LogP contribution in [-0.4, -0.2) is 34.6 Å². The first-order chi connectivity index (χ1) is 6.27. The van der Waals surface area contributed by atoms with Crippen LogP contribution in [-0.2, 0) is 4.79 Å². The third-order valence-electron chi connectivity index (χ3n) is 3.13. The van der Waals surface area contributed by atoms with Crippen molar-refractivity contribution in [3.8, 4) is 0 Å². The lowest BCUT2D eigenvalue weighted by molar-refractivity contribution is -0.139. The van der Waals surface area contributed by atoms with Crippen molar-refractivity contribution in [2.75, 3.05) is 6.54 Å². The third kappa shape index (κ3) is 2.21. The van der Waals surface area contributed by atoms with Crippen molar-refractivity contribution in [1.82, 2.24) is 4.90 Å². The molecule has 3 nitrogen and oxygen atoms in total. The van der Waals surface area contributed by atoms with Crippen LogP contribution in [0.5, 0.6) is 0 Å². The van der Waals surface area contributed by atoms with E-state index >= 15 is 0 Å². The standard InChI is InChI=1S/C10H17NO2/c12-10(13)7-11(9-5-6-9)8-3-1-2-4-8/h8-9H,1-7H2,(H,12,13). The normalized spacial score (nSPS) is 24.1. The minimum atomic E-state index is -0.668. The molecule has 0 aliphatic heterocycles. The molecule has 0 heterocycles. The molecule has 0 unspecified atom stereocenters. The molecular formula is C10H17NO2. The van der Waals surface area contributed by atoms with E-state index < -0.39 is 5.97 Å². The third-order valence-corrected chi connectivity index (χ3v) is 3.13. The summed E-state index contributed by atoms with van der Waals surface area (Å²) in [7, 11) is 0. The molecule has 13 heavy (non-hydrogen) atoms. The molecule has 0 bridgehead atoms. The molecule has 1 N–H and O–H groups in total. The van der Waals surface area contributed by atoms with Crippen molar-refractivity contribution in [2.45, 2.75) is 50.6 Å². The summed E-state index contributed by atoms with van der Waals surface area (Å²) in [6, 6.07) is 1.17. The van der Waals surface area contributed by atoms with Crippen LogP contribution in [0.1, 0.15) is 38.5 Å². The molecule has 74 valence electrons. The summed E-state index contributed by atoms with van der Waals surface area (Å²) in [6.45, 7) is 0.259. The topological polar surface area (TPSA) is 40.5 Å². The lowest BCUT2D eigenvalue weighted by Crippen LogP contribution is -2.39. The monoisotopic (exact) mass is 183 g/mol. The van der Waals surface area contributed by atoms with Gasteiger partial charge in [0.1, 0.15) is 0 Å². The van der Waals surface area contributed by atoms with Crippen LogP contribution in [0.25, 0.3) is 0 Å². The number of carboxylic acids is 1. The van der Waals surface area contributed by atoms with E-state index in [1.54, 1.807) is 0 Å². The van der Waals surface area contributed by atoms with Crippen LogP contribution >= 0.6 is 0 Å². The molecule has 0 radical (unpaired) electrons. The number of nitrogens with zero attached hydrogens (tertiary/aromatic N) is 1. The minimum Gasteiger partial charge on any atom is -0.480 e. The molecule has 2 saturated carbocycles. The Labute approximate surface area is 78.7 Å². The van der Waals surface area contributed by atoms with Gasteiger partial charge in [0.25, 0.3) is 0 Å². The Morgan fingerprint density at radius 2 is 1.69 bits per heavy atom. The molecule has 0 amide bonds. The van der Waals surface area contributed by atoms with Crippen LogP contribution in [0.2, 0.25) is 0 Å². The maximum Gasteiger partial charge on any atom is 0.317 e. The van der Waals surface area contributed by atoms with E-state index in [4.69, 9.17) is 5.11 Å². The summed E-state index contributed by atoms with van der Waals surface area (Å²) in [5.41, 5.74) is 0. The van der Waals surface area contributed by atoms with Gasteiger partial charge in [0.15, 0.2) is 0 Å². The van der Waals surface area contributed by atoms with Crippen LogP contribution in [0, 0.1) is 0 Å². The van der Waals surface area contributed by atoms with Crippen molar-refractivity contribution in [3.05, 3.63) is 0 Å². The number of rotatable bonds is 4. The number of hydrogen-bond acceptors (Lipinski definition) is 2. The van der Waals surface area contributed by atoms with Gasteiger partial charge in [-0.1, -0.05) is 12.8 Å². The zero-order valence-corrected chi connectivity index (χ0v) is 7.91. The number of carboxylic acid groups (broad SMARTS) is 1. The number of carbonyl (C=O) groups is 1. The highest BCUT2D eigenvalue weighted by Crippen LogP contribution is 2.33. The Morgan fingerprint density at radius 3 is 2.15 bits per heavy atom. The summed E-state index contributed by atoms with van der Waals surface area (Å²) in [5.74, 6) is -0.668. The predicted molar refractivity (Wildman–Crippen MR) is 49.6 cm³/mol. The first kappa shape index (κ1) is 9.00. The second-order valence-electron chi connectivity index (χ2n) is 4.24. The van der Waals surface area contributed by atoms with Gasteiger partial charge in [-0.05, 0) is 25.7 Å². The zero-order valence-electron chi connectivity index (χ0n) is 7.91. The Balaban J connectivity index is 1.91. The lowest BCUT2D eigenvalue weighted by Gasteiger charge is -2.26. The second-order valence-corrected chi connectivity index (χ2v) is 4.24. The Kier molecular flexibility index (Phi) is 2.54. The van der Waals surface area contributed by atoms with Crippen molar-refractivity contribution >= 4 is 5.97 Å². The first-order valence-corrected chi connectivity index (χ1v) is 5.25. The number of aliphatic carboxylic acids is 1. The lowest BCUT2D eigenvalue weighted by atomic mass is 10.2. The minimum absolute atomic E-state index is 0.259. The van der Waals surface area contributed by atoms with Gasteiger partial charge in [0.2, 0.25) is 0 Å². The fraction of sp³-hybridized carbons (Fsp3) is 0.900. The van der Waals surface area contributed by atoms with E-state index in [0.29, 0.717) is 12.1 Å². The summed E-state index contributed by atoms with van der Waals surface area (Å²) in [6.07, 6.45) is 7.42. The second kappa shape index (κ2) is 3.66.